The molecule has 0 fully saturated rings. The predicted molar refractivity (Wildman–Crippen MR) is 66.5 cm³/mol. The lowest BCUT2D eigenvalue weighted by Gasteiger charge is -2.06. The standard InChI is InChI=1S/C14H13FN2O/c1-10-5-4-7-12(13(10)15)14(18)17-9-11-6-2-3-8-16-11/h2-8H,9H2,1H3,(H,17,18). The Morgan fingerprint density at radius 1 is 1.28 bits per heavy atom. The monoisotopic (exact) mass is 244 g/mol. The van der Waals surface area contributed by atoms with E-state index in [0.717, 1.165) is 5.69 Å². The molecule has 0 saturated carbocycles. The van der Waals surface area contributed by atoms with E-state index in [2.05, 4.69) is 10.3 Å². The Bertz CT molecular complexity index is 555. The van der Waals surface area contributed by atoms with Crippen LogP contribution in [0, 0.1) is 12.7 Å². The van der Waals surface area contributed by atoms with Crippen LogP contribution < -0.4 is 5.32 Å². The molecule has 1 heterocycles. The maximum atomic E-state index is 13.7. The van der Waals surface area contributed by atoms with E-state index in [-0.39, 0.29) is 12.1 Å². The van der Waals surface area contributed by atoms with Crippen molar-refractivity contribution in [3.05, 3.63) is 65.2 Å². The number of nitrogens with one attached hydrogen (secondary N) is 1. The van der Waals surface area contributed by atoms with Crippen LogP contribution in [0.25, 0.3) is 0 Å². The number of rotatable bonds is 3. The molecule has 0 aliphatic heterocycles. The number of aryl methyl sites for hydroxylation is 1. The molecule has 4 heteroatoms. The fourth-order valence-electron chi connectivity index (χ4n) is 1.59. The Hall–Kier alpha value is -2.23. The second-order valence-corrected chi connectivity index (χ2v) is 3.94. The van der Waals surface area contributed by atoms with Gasteiger partial charge in [0.15, 0.2) is 0 Å². The van der Waals surface area contributed by atoms with Gasteiger partial charge < -0.3 is 5.32 Å². The first-order valence-corrected chi connectivity index (χ1v) is 5.61. The third kappa shape index (κ3) is 2.71. The largest absolute Gasteiger partial charge is 0.346 e. The fraction of sp³-hybridized carbons (Fsp3) is 0.143. The highest BCUT2D eigenvalue weighted by Gasteiger charge is 2.12. The van der Waals surface area contributed by atoms with Gasteiger partial charge in [-0.25, -0.2) is 4.39 Å². The Kier molecular flexibility index (Phi) is 3.67. The Morgan fingerprint density at radius 2 is 2.11 bits per heavy atom. The second-order valence-electron chi connectivity index (χ2n) is 3.94. The third-order valence-corrected chi connectivity index (χ3v) is 2.59. The van der Waals surface area contributed by atoms with Gasteiger partial charge in [0, 0.05) is 6.20 Å². The molecule has 0 aliphatic rings. The van der Waals surface area contributed by atoms with Gasteiger partial charge in [-0.1, -0.05) is 18.2 Å². The molecule has 2 rings (SSSR count). The summed E-state index contributed by atoms with van der Waals surface area (Å²) in [5.41, 5.74) is 1.25. The van der Waals surface area contributed by atoms with Crippen molar-refractivity contribution in [2.75, 3.05) is 0 Å². The van der Waals surface area contributed by atoms with Crippen LogP contribution in [-0.2, 0) is 6.54 Å². The number of pyridine rings is 1. The highest BCUT2D eigenvalue weighted by atomic mass is 19.1. The van der Waals surface area contributed by atoms with Crippen LogP contribution in [0.3, 0.4) is 0 Å². The van der Waals surface area contributed by atoms with Crippen LogP contribution in [0.5, 0.6) is 0 Å². The molecule has 1 aromatic carbocycles. The van der Waals surface area contributed by atoms with E-state index in [1.54, 1.807) is 37.4 Å². The molecule has 0 bridgehead atoms. The lowest BCUT2D eigenvalue weighted by Crippen LogP contribution is -2.24. The molecule has 0 unspecified atom stereocenters. The first kappa shape index (κ1) is 12.2. The smallest absolute Gasteiger partial charge is 0.254 e. The maximum absolute atomic E-state index is 13.7. The Balaban J connectivity index is 2.07. The molecule has 18 heavy (non-hydrogen) atoms. The first-order chi connectivity index (χ1) is 8.68. The maximum Gasteiger partial charge on any atom is 0.254 e. The number of carbonyl (C=O) groups excluding carboxylic acids is 1. The van der Waals surface area contributed by atoms with E-state index < -0.39 is 11.7 Å². The van der Waals surface area contributed by atoms with Crippen LogP contribution in [0.4, 0.5) is 4.39 Å². The molecule has 92 valence electrons. The molecule has 0 radical (unpaired) electrons. The summed E-state index contributed by atoms with van der Waals surface area (Å²) in [4.78, 5) is 15.9. The van der Waals surface area contributed by atoms with E-state index in [0.29, 0.717) is 5.56 Å². The highest BCUT2D eigenvalue weighted by molar-refractivity contribution is 5.94. The zero-order chi connectivity index (χ0) is 13.0. The van der Waals surface area contributed by atoms with Gasteiger partial charge in [0.05, 0.1) is 17.8 Å². The van der Waals surface area contributed by atoms with Crippen molar-refractivity contribution in [1.29, 1.82) is 0 Å². The van der Waals surface area contributed by atoms with Crippen molar-refractivity contribution in [2.24, 2.45) is 0 Å². The minimum atomic E-state index is -0.476. The number of halogens is 1. The van der Waals surface area contributed by atoms with E-state index in [9.17, 15) is 9.18 Å². The molecule has 3 nitrogen and oxygen atoms in total. The first-order valence-electron chi connectivity index (χ1n) is 5.61. The van der Waals surface area contributed by atoms with Crippen molar-refractivity contribution >= 4 is 5.91 Å². The van der Waals surface area contributed by atoms with Crippen LogP contribution in [0.15, 0.2) is 42.6 Å². The lowest BCUT2D eigenvalue weighted by molar-refractivity contribution is 0.0946. The van der Waals surface area contributed by atoms with Gasteiger partial charge in [0.25, 0.3) is 5.91 Å². The molecular weight excluding hydrogens is 231 g/mol. The average Bonchev–Trinajstić information content (AvgIpc) is 2.40. The molecule has 0 saturated heterocycles. The van der Waals surface area contributed by atoms with Crippen molar-refractivity contribution < 1.29 is 9.18 Å². The molecular formula is C14H13FN2O. The van der Waals surface area contributed by atoms with E-state index >= 15 is 0 Å². The van der Waals surface area contributed by atoms with Crippen molar-refractivity contribution in [1.82, 2.24) is 10.3 Å². The van der Waals surface area contributed by atoms with E-state index in [1.165, 1.54) is 6.07 Å². The van der Waals surface area contributed by atoms with E-state index in [4.69, 9.17) is 0 Å². The molecule has 2 aromatic rings. The number of nitrogens with zero attached hydrogens (tertiary/aromatic N) is 1. The van der Waals surface area contributed by atoms with Gasteiger partial charge in [-0.2, -0.15) is 0 Å². The zero-order valence-electron chi connectivity index (χ0n) is 9.98. The number of carbonyl (C=O) groups is 1. The Morgan fingerprint density at radius 3 is 2.83 bits per heavy atom. The minimum Gasteiger partial charge on any atom is -0.346 e. The summed E-state index contributed by atoms with van der Waals surface area (Å²) in [5.74, 6) is -0.905. The number of amides is 1. The predicted octanol–water partition coefficient (Wildman–Crippen LogP) is 2.46. The second kappa shape index (κ2) is 5.40. The molecule has 1 aromatic heterocycles. The van der Waals surface area contributed by atoms with Crippen LogP contribution in [-0.4, -0.2) is 10.9 Å². The van der Waals surface area contributed by atoms with Gasteiger partial charge in [-0.05, 0) is 30.7 Å². The van der Waals surface area contributed by atoms with Crippen LogP contribution in [0.1, 0.15) is 21.6 Å². The zero-order valence-corrected chi connectivity index (χ0v) is 9.98. The summed E-state index contributed by atoms with van der Waals surface area (Å²) < 4.78 is 13.7. The third-order valence-electron chi connectivity index (χ3n) is 2.59. The summed E-state index contributed by atoms with van der Waals surface area (Å²) in [6.07, 6.45) is 1.65. The summed E-state index contributed by atoms with van der Waals surface area (Å²) in [5, 5.41) is 2.64. The number of aromatic nitrogens is 1. The molecule has 0 spiro atoms. The normalized spacial score (nSPS) is 10.1. The van der Waals surface area contributed by atoms with Crippen LogP contribution in [0.2, 0.25) is 0 Å². The van der Waals surface area contributed by atoms with Gasteiger partial charge >= 0.3 is 0 Å². The highest BCUT2D eigenvalue weighted by Crippen LogP contribution is 2.11. The summed E-state index contributed by atoms with van der Waals surface area (Å²) >= 11 is 0. The van der Waals surface area contributed by atoms with Gasteiger partial charge in [0.1, 0.15) is 5.82 Å². The number of hydrogen-bond donors (Lipinski definition) is 1. The van der Waals surface area contributed by atoms with Crippen molar-refractivity contribution in [2.45, 2.75) is 13.5 Å². The summed E-state index contributed by atoms with van der Waals surface area (Å²) in [6, 6.07) is 10.2. The lowest BCUT2D eigenvalue weighted by atomic mass is 10.1. The van der Waals surface area contributed by atoms with Crippen molar-refractivity contribution in [3.8, 4) is 0 Å². The van der Waals surface area contributed by atoms with Crippen molar-refractivity contribution in [3.63, 3.8) is 0 Å². The molecule has 0 aliphatic carbocycles. The van der Waals surface area contributed by atoms with Gasteiger partial charge in [0.2, 0.25) is 0 Å². The fourth-order valence-corrected chi connectivity index (χ4v) is 1.59. The Labute approximate surface area is 105 Å². The molecule has 0 atom stereocenters. The topological polar surface area (TPSA) is 42.0 Å². The quantitative estimate of drug-likeness (QED) is 0.901. The summed E-state index contributed by atoms with van der Waals surface area (Å²) in [6.45, 7) is 1.91. The minimum absolute atomic E-state index is 0.0610. The molecule has 1 amide bonds. The van der Waals surface area contributed by atoms with Gasteiger partial charge in [-0.3, -0.25) is 9.78 Å². The van der Waals surface area contributed by atoms with E-state index in [1.807, 2.05) is 6.07 Å². The van der Waals surface area contributed by atoms with Gasteiger partial charge in [-0.15, -0.1) is 0 Å². The molecule has 1 N–H and O–H groups in total. The van der Waals surface area contributed by atoms with Crippen LogP contribution >= 0.6 is 0 Å². The number of hydrogen-bond acceptors (Lipinski definition) is 2. The SMILES string of the molecule is Cc1cccc(C(=O)NCc2ccccn2)c1F. The average molecular weight is 244 g/mol. The number of benzene rings is 1. The summed E-state index contributed by atoms with van der Waals surface area (Å²) in [7, 11) is 0.